The molecule has 2 N–H and O–H groups in total. The summed E-state index contributed by atoms with van der Waals surface area (Å²) >= 11 is 0. The summed E-state index contributed by atoms with van der Waals surface area (Å²) in [4.78, 5) is 0. The lowest BCUT2D eigenvalue weighted by atomic mass is 10.3. The van der Waals surface area contributed by atoms with Crippen molar-refractivity contribution >= 4 is 5.69 Å². The second-order valence-electron chi connectivity index (χ2n) is 4.27. The first kappa shape index (κ1) is 19.8. The molecule has 0 aliphatic carbocycles. The first-order chi connectivity index (χ1) is 10.8. The molecule has 1 rings (SSSR count). The van der Waals surface area contributed by atoms with Gasteiger partial charge in [0.15, 0.2) is 0 Å². The van der Waals surface area contributed by atoms with Crippen LogP contribution in [0, 0.1) is 0 Å². The Morgan fingerprint density at radius 3 is 2.27 bits per heavy atom. The van der Waals surface area contributed by atoms with Gasteiger partial charge in [-0.25, -0.2) is 0 Å². The van der Waals surface area contributed by atoms with Gasteiger partial charge < -0.3 is 10.6 Å². The Kier molecular flexibility index (Phi) is 12.4. The van der Waals surface area contributed by atoms with Crippen LogP contribution in [0.2, 0.25) is 0 Å². The van der Waals surface area contributed by atoms with Crippen molar-refractivity contribution in [3.63, 3.8) is 0 Å². The summed E-state index contributed by atoms with van der Waals surface area (Å²) in [6.07, 6.45) is 13.3. The molecule has 0 saturated heterocycles. The van der Waals surface area contributed by atoms with Gasteiger partial charge in [-0.05, 0) is 44.6 Å². The SMILES string of the molecule is CC.C\C=C/C=C\C(=C/C)N/C(=C\CC)Nc1ccccc1. The van der Waals surface area contributed by atoms with E-state index in [-0.39, 0.29) is 0 Å². The van der Waals surface area contributed by atoms with E-state index >= 15 is 0 Å². The molecule has 2 nitrogen and oxygen atoms in total. The molecule has 0 spiro atoms. The lowest BCUT2D eigenvalue weighted by Crippen LogP contribution is -2.18. The van der Waals surface area contributed by atoms with E-state index in [0.717, 1.165) is 23.6 Å². The van der Waals surface area contributed by atoms with Crippen molar-refractivity contribution in [1.82, 2.24) is 5.32 Å². The van der Waals surface area contributed by atoms with Crippen LogP contribution in [0.1, 0.15) is 41.0 Å². The highest BCUT2D eigenvalue weighted by Gasteiger charge is 1.98. The first-order valence-corrected chi connectivity index (χ1v) is 8.05. The second kappa shape index (κ2) is 13.7. The molecule has 120 valence electrons. The quantitative estimate of drug-likeness (QED) is 0.603. The Hall–Kier alpha value is -2.22. The maximum Gasteiger partial charge on any atom is 0.103 e. The molecule has 22 heavy (non-hydrogen) atoms. The van der Waals surface area contributed by atoms with Crippen LogP contribution in [0.3, 0.4) is 0 Å². The van der Waals surface area contributed by atoms with Crippen molar-refractivity contribution in [3.8, 4) is 0 Å². The minimum atomic E-state index is 0.970. The van der Waals surface area contributed by atoms with Crippen LogP contribution >= 0.6 is 0 Å². The van der Waals surface area contributed by atoms with Crippen LogP contribution in [-0.4, -0.2) is 0 Å². The normalized spacial score (nSPS) is 12.2. The van der Waals surface area contributed by atoms with Crippen molar-refractivity contribution < 1.29 is 0 Å². The van der Waals surface area contributed by atoms with E-state index in [1.165, 1.54) is 0 Å². The summed E-state index contributed by atoms with van der Waals surface area (Å²) in [5, 5.41) is 6.79. The maximum absolute atomic E-state index is 3.40. The first-order valence-electron chi connectivity index (χ1n) is 8.05. The minimum absolute atomic E-state index is 0.970. The Morgan fingerprint density at radius 2 is 1.73 bits per heavy atom. The number of anilines is 1. The zero-order chi connectivity index (χ0) is 16.6. The number of allylic oxidation sites excluding steroid dienone is 6. The van der Waals surface area contributed by atoms with Gasteiger partial charge in [0.25, 0.3) is 0 Å². The molecule has 0 fully saturated rings. The van der Waals surface area contributed by atoms with E-state index in [9.17, 15) is 0 Å². The van der Waals surface area contributed by atoms with Gasteiger partial charge in [-0.2, -0.15) is 0 Å². The van der Waals surface area contributed by atoms with Crippen molar-refractivity contribution in [2.24, 2.45) is 0 Å². The molecule has 2 heteroatoms. The van der Waals surface area contributed by atoms with Gasteiger partial charge in [0.1, 0.15) is 5.82 Å². The molecule has 0 aliphatic heterocycles. The predicted octanol–water partition coefficient (Wildman–Crippen LogP) is 6.00. The van der Waals surface area contributed by atoms with E-state index in [4.69, 9.17) is 0 Å². The van der Waals surface area contributed by atoms with E-state index in [1.54, 1.807) is 0 Å². The molecular weight excluding hydrogens is 268 g/mol. The Bertz CT molecular complexity index is 494. The summed E-state index contributed by atoms with van der Waals surface area (Å²) in [5.74, 6) is 0.997. The van der Waals surface area contributed by atoms with Gasteiger partial charge in [0.2, 0.25) is 0 Å². The molecule has 0 bridgehead atoms. The molecule has 0 aromatic heterocycles. The van der Waals surface area contributed by atoms with Gasteiger partial charge in [0.05, 0.1) is 0 Å². The molecule has 0 unspecified atom stereocenters. The Labute approximate surface area is 136 Å². The molecule has 1 aromatic rings. The van der Waals surface area contributed by atoms with Gasteiger partial charge in [-0.15, -0.1) is 0 Å². The Balaban J connectivity index is 0.00000211. The number of benzene rings is 1. The van der Waals surface area contributed by atoms with Gasteiger partial charge >= 0.3 is 0 Å². The number of rotatable bonds is 7. The maximum atomic E-state index is 3.40. The van der Waals surface area contributed by atoms with Crippen molar-refractivity contribution in [2.45, 2.75) is 41.0 Å². The van der Waals surface area contributed by atoms with Crippen LogP contribution in [-0.2, 0) is 0 Å². The third kappa shape index (κ3) is 8.85. The van der Waals surface area contributed by atoms with Crippen LogP contribution in [0.15, 0.2) is 78.3 Å². The summed E-state index contributed by atoms with van der Waals surface area (Å²) in [6, 6.07) is 10.2. The molecule has 0 aliphatic rings. The van der Waals surface area contributed by atoms with Crippen LogP contribution in [0.25, 0.3) is 0 Å². The molecule has 0 saturated carbocycles. The van der Waals surface area contributed by atoms with Crippen LogP contribution < -0.4 is 10.6 Å². The second-order valence-corrected chi connectivity index (χ2v) is 4.27. The predicted molar refractivity (Wildman–Crippen MR) is 101 cm³/mol. The highest BCUT2D eigenvalue weighted by molar-refractivity contribution is 5.48. The molecular formula is C20H30N2. The van der Waals surface area contributed by atoms with E-state index in [1.807, 2.05) is 64.1 Å². The zero-order valence-corrected chi connectivity index (χ0v) is 14.6. The highest BCUT2D eigenvalue weighted by atomic mass is 15.1. The van der Waals surface area contributed by atoms with E-state index in [2.05, 4.69) is 47.9 Å². The highest BCUT2D eigenvalue weighted by Crippen LogP contribution is 2.09. The smallest absolute Gasteiger partial charge is 0.103 e. The summed E-state index contributed by atoms with van der Waals surface area (Å²) in [7, 11) is 0. The van der Waals surface area contributed by atoms with Gasteiger partial charge in [0, 0.05) is 11.4 Å². The lowest BCUT2D eigenvalue weighted by molar-refractivity contribution is 0.981. The van der Waals surface area contributed by atoms with Crippen molar-refractivity contribution in [1.29, 1.82) is 0 Å². The zero-order valence-electron chi connectivity index (χ0n) is 14.6. The summed E-state index contributed by atoms with van der Waals surface area (Å²) < 4.78 is 0. The largest absolute Gasteiger partial charge is 0.342 e. The molecule has 1 aromatic carbocycles. The Morgan fingerprint density at radius 1 is 1.05 bits per heavy atom. The fraction of sp³-hybridized carbons (Fsp3) is 0.300. The summed E-state index contributed by atoms with van der Waals surface area (Å²) in [6.45, 7) is 10.2. The molecule has 0 radical (unpaired) electrons. The number of hydrogen-bond acceptors (Lipinski definition) is 2. The van der Waals surface area contributed by atoms with E-state index in [0.29, 0.717) is 0 Å². The third-order valence-electron chi connectivity index (χ3n) is 2.63. The van der Waals surface area contributed by atoms with E-state index < -0.39 is 0 Å². The van der Waals surface area contributed by atoms with Crippen molar-refractivity contribution in [2.75, 3.05) is 5.32 Å². The van der Waals surface area contributed by atoms with Gasteiger partial charge in [-0.3, -0.25) is 0 Å². The van der Waals surface area contributed by atoms with Crippen LogP contribution in [0.5, 0.6) is 0 Å². The number of para-hydroxylation sites is 1. The average Bonchev–Trinajstić information content (AvgIpc) is 2.57. The summed E-state index contributed by atoms with van der Waals surface area (Å²) in [5.41, 5.74) is 2.14. The number of nitrogens with one attached hydrogen (secondary N) is 2. The number of hydrogen-bond donors (Lipinski definition) is 2. The minimum Gasteiger partial charge on any atom is -0.342 e. The molecule has 0 amide bonds. The fourth-order valence-electron chi connectivity index (χ4n) is 1.65. The molecule has 0 heterocycles. The third-order valence-corrected chi connectivity index (χ3v) is 2.63. The van der Waals surface area contributed by atoms with Crippen LogP contribution in [0.4, 0.5) is 5.69 Å². The lowest BCUT2D eigenvalue weighted by Gasteiger charge is -2.14. The standard InChI is InChI=1S/C18H24N2.C2H6/c1-4-7-9-13-16(6-3)19-18(12-5-2)20-17-14-10-8-11-15-17;1-2/h4,6-15,19-20H,5H2,1-3H3;1-2H3/b7-4-,13-9-,16-6+,18-12+;. The topological polar surface area (TPSA) is 24.1 Å². The van der Waals surface area contributed by atoms with Crippen molar-refractivity contribution in [3.05, 3.63) is 78.3 Å². The molecule has 0 atom stereocenters. The fourth-order valence-corrected chi connectivity index (χ4v) is 1.65. The average molecular weight is 298 g/mol. The van der Waals surface area contributed by atoms with Gasteiger partial charge in [-0.1, -0.05) is 63.3 Å². The monoisotopic (exact) mass is 298 g/mol.